The molecule has 23 heavy (non-hydrogen) atoms. The minimum absolute atomic E-state index is 0.262. The minimum atomic E-state index is -0.310. The Hall–Kier alpha value is -2.31. The van der Waals surface area contributed by atoms with E-state index in [1.165, 1.54) is 22.0 Å². The molecule has 122 valence electrons. The second-order valence-corrected chi connectivity index (χ2v) is 6.42. The van der Waals surface area contributed by atoms with Crippen molar-refractivity contribution in [3.05, 3.63) is 32.7 Å². The summed E-state index contributed by atoms with van der Waals surface area (Å²) in [5, 5.41) is 0. The summed E-state index contributed by atoms with van der Waals surface area (Å²) in [6.45, 7) is 4.22. The van der Waals surface area contributed by atoms with E-state index in [0.717, 1.165) is 24.3 Å². The molecule has 7 heteroatoms. The summed E-state index contributed by atoms with van der Waals surface area (Å²) in [5.41, 5.74) is 1.49. The molecule has 7 nitrogen and oxygen atoms in total. The quantitative estimate of drug-likeness (QED) is 0.721. The maximum atomic E-state index is 12.7. The first kappa shape index (κ1) is 14.3. The van der Waals surface area contributed by atoms with Gasteiger partial charge in [0.1, 0.15) is 0 Å². The molecule has 3 aromatic heterocycles. The lowest BCUT2D eigenvalue weighted by molar-refractivity contribution is 0.520. The van der Waals surface area contributed by atoms with Gasteiger partial charge in [-0.1, -0.05) is 12.8 Å². The van der Waals surface area contributed by atoms with Crippen LogP contribution in [-0.4, -0.2) is 23.1 Å². The smallest absolute Gasteiger partial charge is 0.311 e. The van der Waals surface area contributed by atoms with E-state index in [4.69, 9.17) is 0 Å². The summed E-state index contributed by atoms with van der Waals surface area (Å²) in [6, 6.07) is 0.440. The summed E-state index contributed by atoms with van der Waals surface area (Å²) in [7, 11) is 1.68. The van der Waals surface area contributed by atoms with E-state index >= 15 is 0 Å². The third-order valence-corrected chi connectivity index (χ3v) is 5.07. The van der Waals surface area contributed by atoms with Gasteiger partial charge in [-0.15, -0.1) is 0 Å². The van der Waals surface area contributed by atoms with Gasteiger partial charge in [0.25, 0.3) is 5.56 Å². The van der Waals surface area contributed by atoms with Crippen LogP contribution in [0.2, 0.25) is 0 Å². The summed E-state index contributed by atoms with van der Waals surface area (Å²) in [5.74, 6) is 0.769. The lowest BCUT2D eigenvalue weighted by atomic mass is 10.2. The van der Waals surface area contributed by atoms with Crippen molar-refractivity contribution in [2.45, 2.75) is 52.1 Å². The fraction of sp³-hybridized carbons (Fsp3) is 0.562. The second-order valence-electron chi connectivity index (χ2n) is 6.42. The largest absolute Gasteiger partial charge is 0.332 e. The molecule has 4 rings (SSSR count). The Morgan fingerprint density at radius 1 is 1.26 bits per heavy atom. The Labute approximate surface area is 132 Å². The molecule has 1 fully saturated rings. The van der Waals surface area contributed by atoms with Crippen LogP contribution in [0, 0.1) is 6.92 Å². The lowest BCUT2D eigenvalue weighted by Crippen LogP contribution is -2.38. The Bertz CT molecular complexity index is 1030. The summed E-state index contributed by atoms with van der Waals surface area (Å²) < 4.78 is 6.82. The first-order chi connectivity index (χ1) is 11.0. The van der Waals surface area contributed by atoms with Gasteiger partial charge in [-0.05, 0) is 26.7 Å². The van der Waals surface area contributed by atoms with E-state index in [9.17, 15) is 9.59 Å². The molecule has 0 radical (unpaired) electrons. The number of rotatable bonds is 2. The average molecular weight is 315 g/mol. The second kappa shape index (κ2) is 4.84. The molecule has 0 atom stereocenters. The molecule has 0 spiro atoms. The number of aromatic nitrogens is 5. The van der Waals surface area contributed by atoms with Crippen molar-refractivity contribution in [2.75, 3.05) is 0 Å². The lowest BCUT2D eigenvalue weighted by Gasteiger charge is -2.13. The van der Waals surface area contributed by atoms with Crippen LogP contribution in [0.15, 0.2) is 15.8 Å². The maximum Gasteiger partial charge on any atom is 0.332 e. The van der Waals surface area contributed by atoms with E-state index in [0.29, 0.717) is 23.8 Å². The zero-order valence-corrected chi connectivity index (χ0v) is 13.7. The predicted molar refractivity (Wildman–Crippen MR) is 88.1 cm³/mol. The van der Waals surface area contributed by atoms with Gasteiger partial charge in [0, 0.05) is 31.5 Å². The molecular formula is C16H21N5O2. The van der Waals surface area contributed by atoms with Crippen molar-refractivity contribution in [1.82, 2.24) is 23.1 Å². The Morgan fingerprint density at radius 2 is 1.96 bits per heavy atom. The molecule has 3 aromatic rings. The van der Waals surface area contributed by atoms with Crippen LogP contribution in [0.5, 0.6) is 0 Å². The number of aryl methyl sites for hydroxylation is 2. The number of hydrogen-bond donors (Lipinski definition) is 0. The zero-order valence-electron chi connectivity index (χ0n) is 13.7. The van der Waals surface area contributed by atoms with Gasteiger partial charge in [0.2, 0.25) is 5.78 Å². The van der Waals surface area contributed by atoms with Crippen LogP contribution >= 0.6 is 0 Å². The van der Waals surface area contributed by atoms with Crippen molar-refractivity contribution in [2.24, 2.45) is 7.05 Å². The van der Waals surface area contributed by atoms with Crippen molar-refractivity contribution in [1.29, 1.82) is 0 Å². The Kier molecular flexibility index (Phi) is 3.01. The predicted octanol–water partition coefficient (Wildman–Crippen LogP) is 1.59. The molecule has 0 saturated heterocycles. The van der Waals surface area contributed by atoms with Gasteiger partial charge in [0.05, 0.1) is 0 Å². The molecule has 1 saturated carbocycles. The van der Waals surface area contributed by atoms with Crippen LogP contribution in [0.4, 0.5) is 0 Å². The molecule has 3 heterocycles. The maximum absolute atomic E-state index is 12.7. The summed E-state index contributed by atoms with van der Waals surface area (Å²) >= 11 is 0. The number of hydrogen-bond acceptors (Lipinski definition) is 3. The van der Waals surface area contributed by atoms with E-state index in [1.54, 1.807) is 7.05 Å². The first-order valence-electron chi connectivity index (χ1n) is 8.24. The number of fused-ring (bicyclic) bond motifs is 3. The Morgan fingerprint density at radius 3 is 2.61 bits per heavy atom. The van der Waals surface area contributed by atoms with Crippen molar-refractivity contribution in [3.63, 3.8) is 0 Å². The van der Waals surface area contributed by atoms with Crippen LogP contribution < -0.4 is 11.2 Å². The van der Waals surface area contributed by atoms with Crippen LogP contribution in [0.3, 0.4) is 0 Å². The van der Waals surface area contributed by atoms with Gasteiger partial charge in [-0.3, -0.25) is 18.3 Å². The number of imidazole rings is 2. The van der Waals surface area contributed by atoms with Gasteiger partial charge in [-0.25, -0.2) is 4.79 Å². The highest BCUT2D eigenvalue weighted by Crippen LogP contribution is 2.32. The fourth-order valence-electron chi connectivity index (χ4n) is 3.92. The van der Waals surface area contributed by atoms with E-state index in [1.807, 2.05) is 17.5 Å². The van der Waals surface area contributed by atoms with E-state index in [-0.39, 0.29) is 11.2 Å². The SMILES string of the molecule is CCn1c(=O)c2c(nc3n(C4CCCC4)c(C)cn23)n(C)c1=O. The molecule has 0 unspecified atom stereocenters. The monoisotopic (exact) mass is 315 g/mol. The summed E-state index contributed by atoms with van der Waals surface area (Å²) in [6.07, 6.45) is 6.72. The number of nitrogens with zero attached hydrogens (tertiary/aromatic N) is 5. The highest BCUT2D eigenvalue weighted by molar-refractivity contribution is 5.75. The minimum Gasteiger partial charge on any atom is -0.311 e. The molecule has 0 bridgehead atoms. The Balaban J connectivity index is 2.15. The molecule has 1 aliphatic rings. The first-order valence-corrected chi connectivity index (χ1v) is 8.24. The normalized spacial score (nSPS) is 16.1. The molecular weight excluding hydrogens is 294 g/mol. The molecule has 1 aliphatic carbocycles. The van der Waals surface area contributed by atoms with E-state index < -0.39 is 0 Å². The fourth-order valence-corrected chi connectivity index (χ4v) is 3.92. The molecule has 0 amide bonds. The average Bonchev–Trinajstić information content (AvgIpc) is 3.20. The molecule has 0 aliphatic heterocycles. The topological polar surface area (TPSA) is 66.2 Å². The van der Waals surface area contributed by atoms with E-state index in [2.05, 4.69) is 16.5 Å². The highest BCUT2D eigenvalue weighted by atomic mass is 16.2. The van der Waals surface area contributed by atoms with Gasteiger partial charge >= 0.3 is 5.69 Å². The van der Waals surface area contributed by atoms with Gasteiger partial charge < -0.3 is 4.57 Å². The van der Waals surface area contributed by atoms with Crippen molar-refractivity contribution in [3.8, 4) is 0 Å². The van der Waals surface area contributed by atoms with Crippen LogP contribution in [-0.2, 0) is 13.6 Å². The standard InChI is InChI=1S/C16H21N5O2/c1-4-19-14(22)12-13(18(3)16(19)23)17-15-20(12)9-10(2)21(15)11-7-5-6-8-11/h9,11H,4-8H2,1-3H3. The van der Waals surface area contributed by atoms with Crippen molar-refractivity contribution < 1.29 is 0 Å². The highest BCUT2D eigenvalue weighted by Gasteiger charge is 2.24. The molecule has 0 N–H and O–H groups in total. The van der Waals surface area contributed by atoms with Gasteiger partial charge in [0.15, 0.2) is 11.2 Å². The molecule has 0 aromatic carbocycles. The zero-order chi connectivity index (χ0) is 16.3. The van der Waals surface area contributed by atoms with Gasteiger partial charge in [-0.2, -0.15) is 4.98 Å². The van der Waals surface area contributed by atoms with Crippen molar-refractivity contribution >= 4 is 16.9 Å². The van der Waals surface area contributed by atoms with Crippen LogP contribution in [0.1, 0.15) is 44.3 Å². The third kappa shape index (κ3) is 1.79. The van der Waals surface area contributed by atoms with Crippen LogP contribution in [0.25, 0.3) is 16.9 Å². The summed E-state index contributed by atoms with van der Waals surface area (Å²) in [4.78, 5) is 29.7. The third-order valence-electron chi connectivity index (χ3n) is 5.07.